The van der Waals surface area contributed by atoms with Gasteiger partial charge in [0.25, 0.3) is 0 Å². The molecule has 130 valence electrons. The molecule has 0 radical (unpaired) electrons. The van der Waals surface area contributed by atoms with Gasteiger partial charge in [-0.05, 0) is 37.6 Å². The van der Waals surface area contributed by atoms with E-state index in [1.807, 2.05) is 55.5 Å². The molecule has 0 amide bonds. The Morgan fingerprint density at radius 1 is 1.24 bits per heavy atom. The number of aldehydes is 1. The van der Waals surface area contributed by atoms with E-state index in [1.165, 1.54) is 17.5 Å². The van der Waals surface area contributed by atoms with Gasteiger partial charge in [-0.2, -0.15) is 5.10 Å². The molecule has 2 aromatic rings. The van der Waals surface area contributed by atoms with Gasteiger partial charge in [0.15, 0.2) is 6.29 Å². The summed E-state index contributed by atoms with van der Waals surface area (Å²) in [6, 6.07) is 9.98. The number of aliphatic hydroxyl groups excluding tert-OH is 1. The second kappa shape index (κ2) is 9.17. The minimum atomic E-state index is 0.413. The zero-order valence-electron chi connectivity index (χ0n) is 14.2. The summed E-state index contributed by atoms with van der Waals surface area (Å²) < 4.78 is 1.80. The molecule has 1 aliphatic rings. The van der Waals surface area contributed by atoms with Crippen LogP contribution in [0, 0.1) is 6.92 Å². The van der Waals surface area contributed by atoms with Crippen molar-refractivity contribution >= 4 is 23.9 Å². The molecule has 0 spiro atoms. The van der Waals surface area contributed by atoms with Gasteiger partial charge < -0.3 is 5.11 Å². The summed E-state index contributed by atoms with van der Waals surface area (Å²) in [6.07, 6.45) is 9.57. The lowest BCUT2D eigenvalue weighted by Crippen LogP contribution is -2.00. The molecule has 3 rings (SSSR count). The van der Waals surface area contributed by atoms with Crippen LogP contribution in [0.5, 0.6) is 0 Å². The Morgan fingerprint density at radius 2 is 1.96 bits per heavy atom. The molecule has 6 heteroatoms. The monoisotopic (exact) mass is 355 g/mol. The van der Waals surface area contributed by atoms with E-state index in [9.17, 15) is 4.79 Å². The van der Waals surface area contributed by atoms with Crippen molar-refractivity contribution < 1.29 is 9.90 Å². The summed E-state index contributed by atoms with van der Waals surface area (Å²) in [4.78, 5) is 12.2. The number of aromatic nitrogens is 2. The lowest BCUT2D eigenvalue weighted by Gasteiger charge is -2.08. The number of nitrogens with two attached hydrogens (primary N) is 1. The second-order valence-electron chi connectivity index (χ2n) is 5.30. The van der Waals surface area contributed by atoms with Gasteiger partial charge in [0.05, 0.1) is 11.4 Å². The van der Waals surface area contributed by atoms with Crippen molar-refractivity contribution in [1.82, 2.24) is 9.78 Å². The third kappa shape index (κ3) is 4.57. The standard InChI is InChI=1S/C18H17N3OS.CH4O/c1-13-5-7-14(8-6-13)18-11-15(12-22)20-21(18)16-3-2-4-17(23-19)10-9-16;1-2/h2-3,5-12H,4,19H2,1H3;2H,1H3. The van der Waals surface area contributed by atoms with E-state index < -0.39 is 0 Å². The van der Waals surface area contributed by atoms with Crippen molar-refractivity contribution in [2.45, 2.75) is 13.3 Å². The largest absolute Gasteiger partial charge is 0.400 e. The molecule has 0 saturated heterocycles. The maximum absolute atomic E-state index is 11.2. The molecular formula is C19H21N3O2S. The Balaban J connectivity index is 0.00000109. The minimum Gasteiger partial charge on any atom is -0.400 e. The highest BCUT2D eigenvalue weighted by molar-refractivity contribution is 8.00. The number of nitrogens with zero attached hydrogens (tertiary/aromatic N) is 2. The van der Waals surface area contributed by atoms with Gasteiger partial charge >= 0.3 is 0 Å². The van der Waals surface area contributed by atoms with E-state index in [0.717, 1.165) is 41.7 Å². The zero-order valence-corrected chi connectivity index (χ0v) is 15.0. The molecule has 0 aliphatic heterocycles. The molecule has 1 aromatic carbocycles. The van der Waals surface area contributed by atoms with Crippen LogP contribution in [-0.2, 0) is 0 Å². The van der Waals surface area contributed by atoms with Crippen LogP contribution in [0.3, 0.4) is 0 Å². The summed E-state index contributed by atoms with van der Waals surface area (Å²) in [5.41, 5.74) is 4.42. The Labute approximate surface area is 151 Å². The third-order valence-electron chi connectivity index (χ3n) is 3.64. The fraction of sp³-hybridized carbons (Fsp3) is 0.158. The zero-order chi connectivity index (χ0) is 18.2. The average molecular weight is 355 g/mol. The number of carbonyl (C=O) groups is 1. The van der Waals surface area contributed by atoms with Crippen molar-refractivity contribution in [3.63, 3.8) is 0 Å². The van der Waals surface area contributed by atoms with Crippen LogP contribution in [0.4, 0.5) is 0 Å². The number of carbonyl (C=O) groups excluding carboxylic acids is 1. The molecule has 0 fully saturated rings. The molecule has 1 heterocycles. The van der Waals surface area contributed by atoms with Crippen LogP contribution in [0.25, 0.3) is 17.0 Å². The predicted molar refractivity (Wildman–Crippen MR) is 104 cm³/mol. The van der Waals surface area contributed by atoms with Crippen LogP contribution in [0.1, 0.15) is 22.5 Å². The second-order valence-corrected chi connectivity index (χ2v) is 6.06. The first-order valence-corrected chi connectivity index (χ1v) is 8.61. The smallest absolute Gasteiger partial charge is 0.170 e. The van der Waals surface area contributed by atoms with Crippen molar-refractivity contribution in [3.05, 3.63) is 70.8 Å². The van der Waals surface area contributed by atoms with Crippen molar-refractivity contribution in [2.75, 3.05) is 7.11 Å². The first-order chi connectivity index (χ1) is 12.2. The van der Waals surface area contributed by atoms with Crippen LogP contribution >= 0.6 is 11.9 Å². The van der Waals surface area contributed by atoms with Gasteiger partial charge in [0.1, 0.15) is 5.69 Å². The Hall–Kier alpha value is -2.41. The molecule has 0 atom stereocenters. The van der Waals surface area contributed by atoms with E-state index in [-0.39, 0.29) is 0 Å². The van der Waals surface area contributed by atoms with Crippen LogP contribution in [0.15, 0.2) is 59.5 Å². The van der Waals surface area contributed by atoms with Gasteiger partial charge in [-0.3, -0.25) is 9.93 Å². The first kappa shape index (κ1) is 18.9. The van der Waals surface area contributed by atoms with E-state index in [1.54, 1.807) is 10.7 Å². The summed E-state index contributed by atoms with van der Waals surface area (Å²) in [5, 5.41) is 17.0. The molecular weight excluding hydrogens is 334 g/mol. The maximum atomic E-state index is 11.2. The highest BCUT2D eigenvalue weighted by atomic mass is 32.2. The Morgan fingerprint density at radius 3 is 2.60 bits per heavy atom. The SMILES string of the molecule is CO.Cc1ccc(-c2cc(C=O)nn2C2=CC=C(SN)CC=C2)cc1. The normalized spacial score (nSPS) is 13.3. The van der Waals surface area contributed by atoms with Gasteiger partial charge in [0.2, 0.25) is 0 Å². The molecule has 3 N–H and O–H groups in total. The summed E-state index contributed by atoms with van der Waals surface area (Å²) in [5.74, 6) is 0. The number of benzene rings is 1. The molecule has 5 nitrogen and oxygen atoms in total. The molecule has 0 unspecified atom stereocenters. The molecule has 1 aromatic heterocycles. The van der Waals surface area contributed by atoms with Gasteiger partial charge in [-0.1, -0.05) is 47.9 Å². The molecule has 25 heavy (non-hydrogen) atoms. The van der Waals surface area contributed by atoms with Crippen LogP contribution in [-0.4, -0.2) is 28.3 Å². The number of aryl methyl sites for hydroxylation is 1. The fourth-order valence-electron chi connectivity index (χ4n) is 2.41. The Bertz CT molecular complexity index is 818. The van der Waals surface area contributed by atoms with Gasteiger partial charge in [-0.15, -0.1) is 0 Å². The number of allylic oxidation sites excluding steroid dienone is 6. The minimum absolute atomic E-state index is 0.413. The van der Waals surface area contributed by atoms with Gasteiger partial charge in [0, 0.05) is 17.6 Å². The summed E-state index contributed by atoms with van der Waals surface area (Å²) in [7, 11) is 1.00. The van der Waals surface area contributed by atoms with E-state index >= 15 is 0 Å². The van der Waals surface area contributed by atoms with Crippen molar-refractivity contribution in [2.24, 2.45) is 5.14 Å². The summed E-state index contributed by atoms with van der Waals surface area (Å²) >= 11 is 1.25. The lowest BCUT2D eigenvalue weighted by atomic mass is 10.1. The van der Waals surface area contributed by atoms with E-state index in [2.05, 4.69) is 5.10 Å². The quantitative estimate of drug-likeness (QED) is 0.647. The van der Waals surface area contributed by atoms with Crippen molar-refractivity contribution in [3.8, 4) is 11.3 Å². The highest BCUT2D eigenvalue weighted by Crippen LogP contribution is 2.26. The van der Waals surface area contributed by atoms with Crippen LogP contribution in [0.2, 0.25) is 0 Å². The number of hydrogen-bond donors (Lipinski definition) is 2. The summed E-state index contributed by atoms with van der Waals surface area (Å²) in [6.45, 7) is 2.05. The predicted octanol–water partition coefficient (Wildman–Crippen LogP) is 3.57. The molecule has 0 bridgehead atoms. The molecule has 0 saturated carbocycles. The Kier molecular flexibility index (Phi) is 6.94. The van der Waals surface area contributed by atoms with Crippen LogP contribution < -0.4 is 5.14 Å². The first-order valence-electron chi connectivity index (χ1n) is 7.73. The topological polar surface area (TPSA) is 81.1 Å². The number of hydrogen-bond acceptors (Lipinski definition) is 5. The third-order valence-corrected chi connectivity index (χ3v) is 4.25. The molecule has 1 aliphatic carbocycles. The van der Waals surface area contributed by atoms with E-state index in [0.29, 0.717) is 5.69 Å². The average Bonchev–Trinajstić information content (AvgIpc) is 2.94. The van der Waals surface area contributed by atoms with E-state index in [4.69, 9.17) is 10.2 Å². The lowest BCUT2D eigenvalue weighted by molar-refractivity contribution is 0.111. The number of aliphatic hydroxyl groups is 1. The maximum Gasteiger partial charge on any atom is 0.170 e. The van der Waals surface area contributed by atoms with Gasteiger partial charge in [-0.25, -0.2) is 4.68 Å². The highest BCUT2D eigenvalue weighted by Gasteiger charge is 2.12. The van der Waals surface area contributed by atoms with Crippen molar-refractivity contribution in [1.29, 1.82) is 0 Å². The number of rotatable bonds is 4. The fourth-order valence-corrected chi connectivity index (χ4v) is 2.75.